The van der Waals surface area contributed by atoms with Gasteiger partial charge in [0.05, 0.1) is 22.3 Å². The van der Waals surface area contributed by atoms with E-state index in [9.17, 15) is 0 Å². The maximum Gasteiger partial charge on any atom is 0.136 e. The van der Waals surface area contributed by atoms with E-state index in [1.54, 1.807) is 31.3 Å². The van der Waals surface area contributed by atoms with Crippen LogP contribution >= 0.6 is 11.6 Å². The predicted octanol–water partition coefficient (Wildman–Crippen LogP) is 3.91. The molecule has 0 radical (unpaired) electrons. The molecule has 0 aliphatic carbocycles. The summed E-state index contributed by atoms with van der Waals surface area (Å²) in [7, 11) is 1.81. The molecule has 5 nitrogen and oxygen atoms in total. The van der Waals surface area contributed by atoms with Crippen LogP contribution in [0, 0.1) is 11.3 Å². The minimum absolute atomic E-state index is 0.208. The van der Waals surface area contributed by atoms with Crippen molar-refractivity contribution in [3.8, 4) is 6.07 Å². The Kier molecular flexibility index (Phi) is 4.61. The molecule has 2 rings (SSSR count). The van der Waals surface area contributed by atoms with Gasteiger partial charge in [0, 0.05) is 19.0 Å². The number of hydrogen-bond donors (Lipinski definition) is 2. The van der Waals surface area contributed by atoms with Gasteiger partial charge in [0.25, 0.3) is 0 Å². The van der Waals surface area contributed by atoms with Gasteiger partial charge in [0.1, 0.15) is 17.5 Å². The molecule has 0 aliphatic rings. The standard InChI is InChI=1S/C15H16ClN5/c1-9(2)15-20-13(18-3)7-14(21-15)19-12-6-10(8-17)4-5-11(12)16/h4-7,9H,1-3H3,(H2,18,19,20,21). The van der Waals surface area contributed by atoms with Gasteiger partial charge < -0.3 is 10.6 Å². The predicted molar refractivity (Wildman–Crippen MR) is 85.1 cm³/mol. The molecule has 1 heterocycles. The molecule has 0 fully saturated rings. The third kappa shape index (κ3) is 3.61. The highest BCUT2D eigenvalue weighted by Crippen LogP contribution is 2.27. The first-order valence-electron chi connectivity index (χ1n) is 6.57. The number of benzene rings is 1. The lowest BCUT2D eigenvalue weighted by molar-refractivity contribution is 0.778. The molecule has 0 atom stereocenters. The van der Waals surface area contributed by atoms with Crippen LogP contribution in [0.5, 0.6) is 0 Å². The Morgan fingerprint density at radius 3 is 2.52 bits per heavy atom. The van der Waals surface area contributed by atoms with E-state index in [-0.39, 0.29) is 5.92 Å². The topological polar surface area (TPSA) is 73.6 Å². The molecule has 0 saturated carbocycles. The Morgan fingerprint density at radius 1 is 1.19 bits per heavy atom. The van der Waals surface area contributed by atoms with Crippen LogP contribution < -0.4 is 10.6 Å². The van der Waals surface area contributed by atoms with E-state index in [1.165, 1.54) is 0 Å². The molecule has 1 aromatic heterocycles. The molecule has 0 saturated heterocycles. The van der Waals surface area contributed by atoms with Crippen molar-refractivity contribution >= 4 is 28.9 Å². The Bertz CT molecular complexity index is 691. The Labute approximate surface area is 129 Å². The molecular weight excluding hydrogens is 286 g/mol. The molecule has 0 unspecified atom stereocenters. The third-order valence-corrected chi connectivity index (χ3v) is 3.20. The van der Waals surface area contributed by atoms with Gasteiger partial charge in [-0.25, -0.2) is 9.97 Å². The van der Waals surface area contributed by atoms with Gasteiger partial charge in [-0.15, -0.1) is 0 Å². The Balaban J connectivity index is 2.39. The summed E-state index contributed by atoms with van der Waals surface area (Å²) in [6.07, 6.45) is 0. The van der Waals surface area contributed by atoms with Crippen LogP contribution in [0.15, 0.2) is 24.3 Å². The molecule has 2 N–H and O–H groups in total. The first-order valence-corrected chi connectivity index (χ1v) is 6.94. The van der Waals surface area contributed by atoms with Crippen molar-refractivity contribution in [3.63, 3.8) is 0 Å². The molecule has 2 aromatic rings. The maximum absolute atomic E-state index is 8.96. The Hall–Kier alpha value is -2.32. The molecule has 0 aliphatic heterocycles. The smallest absolute Gasteiger partial charge is 0.136 e. The zero-order chi connectivity index (χ0) is 15.4. The first-order chi connectivity index (χ1) is 10.0. The largest absolute Gasteiger partial charge is 0.373 e. The quantitative estimate of drug-likeness (QED) is 0.895. The number of anilines is 3. The molecule has 0 amide bonds. The maximum atomic E-state index is 8.96. The number of aromatic nitrogens is 2. The van der Waals surface area contributed by atoms with Crippen LogP contribution in [-0.4, -0.2) is 17.0 Å². The summed E-state index contributed by atoms with van der Waals surface area (Å²) in [4.78, 5) is 8.87. The summed E-state index contributed by atoms with van der Waals surface area (Å²) in [5.41, 5.74) is 1.18. The fourth-order valence-electron chi connectivity index (χ4n) is 1.74. The highest BCUT2D eigenvalue weighted by molar-refractivity contribution is 6.33. The second kappa shape index (κ2) is 6.42. The molecule has 21 heavy (non-hydrogen) atoms. The summed E-state index contributed by atoms with van der Waals surface area (Å²) in [6.45, 7) is 4.06. The molecule has 0 bridgehead atoms. The Morgan fingerprint density at radius 2 is 1.90 bits per heavy atom. The lowest BCUT2D eigenvalue weighted by atomic mass is 10.2. The van der Waals surface area contributed by atoms with Crippen molar-refractivity contribution < 1.29 is 0 Å². The average molecular weight is 302 g/mol. The number of nitriles is 1. The monoisotopic (exact) mass is 301 g/mol. The summed E-state index contributed by atoms with van der Waals surface area (Å²) < 4.78 is 0. The average Bonchev–Trinajstić information content (AvgIpc) is 2.49. The number of halogens is 1. The SMILES string of the molecule is CNc1cc(Nc2cc(C#N)ccc2Cl)nc(C(C)C)n1. The highest BCUT2D eigenvalue weighted by Gasteiger charge is 2.09. The van der Waals surface area contributed by atoms with Crippen molar-refractivity contribution in [3.05, 3.63) is 40.7 Å². The summed E-state index contributed by atoms with van der Waals surface area (Å²) >= 11 is 6.15. The van der Waals surface area contributed by atoms with Gasteiger partial charge in [-0.1, -0.05) is 25.4 Å². The molecule has 0 spiro atoms. The van der Waals surface area contributed by atoms with Crippen LogP contribution in [0.1, 0.15) is 31.2 Å². The number of nitrogens with zero attached hydrogens (tertiary/aromatic N) is 3. The van der Waals surface area contributed by atoms with E-state index < -0.39 is 0 Å². The van der Waals surface area contributed by atoms with E-state index in [2.05, 4.69) is 26.7 Å². The fourth-order valence-corrected chi connectivity index (χ4v) is 1.91. The van der Waals surface area contributed by atoms with E-state index >= 15 is 0 Å². The van der Waals surface area contributed by atoms with Crippen LogP contribution in [0.3, 0.4) is 0 Å². The van der Waals surface area contributed by atoms with Crippen molar-refractivity contribution in [2.24, 2.45) is 0 Å². The van der Waals surface area contributed by atoms with E-state index in [0.29, 0.717) is 22.1 Å². The number of rotatable bonds is 4. The summed E-state index contributed by atoms with van der Waals surface area (Å²) in [5.74, 6) is 2.30. The van der Waals surface area contributed by atoms with Gasteiger partial charge in [-0.2, -0.15) is 5.26 Å². The van der Waals surface area contributed by atoms with Crippen LogP contribution in [-0.2, 0) is 0 Å². The van der Waals surface area contributed by atoms with Crippen LogP contribution in [0.25, 0.3) is 0 Å². The van der Waals surface area contributed by atoms with Gasteiger partial charge in [-0.05, 0) is 18.2 Å². The zero-order valence-electron chi connectivity index (χ0n) is 12.1. The van der Waals surface area contributed by atoms with Crippen molar-refractivity contribution in [1.82, 2.24) is 9.97 Å². The van der Waals surface area contributed by atoms with Gasteiger partial charge >= 0.3 is 0 Å². The van der Waals surface area contributed by atoms with Gasteiger partial charge in [0.2, 0.25) is 0 Å². The minimum atomic E-state index is 0.208. The molecule has 6 heteroatoms. The normalized spacial score (nSPS) is 10.3. The second-order valence-corrected chi connectivity index (χ2v) is 5.24. The molecule has 108 valence electrons. The summed E-state index contributed by atoms with van der Waals surface area (Å²) in [5, 5.41) is 15.6. The lowest BCUT2D eigenvalue weighted by Crippen LogP contribution is -2.05. The van der Waals surface area contributed by atoms with Crippen molar-refractivity contribution in [2.45, 2.75) is 19.8 Å². The van der Waals surface area contributed by atoms with Crippen LogP contribution in [0.2, 0.25) is 5.02 Å². The summed E-state index contributed by atoms with van der Waals surface area (Å²) in [6, 6.07) is 8.93. The van der Waals surface area contributed by atoms with E-state index in [0.717, 1.165) is 11.6 Å². The van der Waals surface area contributed by atoms with E-state index in [4.69, 9.17) is 16.9 Å². The lowest BCUT2D eigenvalue weighted by Gasteiger charge is -2.12. The van der Waals surface area contributed by atoms with Crippen molar-refractivity contribution in [1.29, 1.82) is 5.26 Å². The molecular formula is C15H16ClN5. The number of nitrogens with one attached hydrogen (secondary N) is 2. The van der Waals surface area contributed by atoms with Gasteiger partial charge in [0.15, 0.2) is 0 Å². The third-order valence-electron chi connectivity index (χ3n) is 2.87. The second-order valence-electron chi connectivity index (χ2n) is 4.83. The minimum Gasteiger partial charge on any atom is -0.373 e. The van der Waals surface area contributed by atoms with Crippen LogP contribution in [0.4, 0.5) is 17.3 Å². The first kappa shape index (κ1) is 15.1. The van der Waals surface area contributed by atoms with Crippen molar-refractivity contribution in [2.75, 3.05) is 17.7 Å². The number of hydrogen-bond acceptors (Lipinski definition) is 5. The fraction of sp³-hybridized carbons (Fsp3) is 0.267. The highest BCUT2D eigenvalue weighted by atomic mass is 35.5. The van der Waals surface area contributed by atoms with Gasteiger partial charge in [-0.3, -0.25) is 0 Å². The van der Waals surface area contributed by atoms with E-state index in [1.807, 2.05) is 13.8 Å². The zero-order valence-corrected chi connectivity index (χ0v) is 12.9. The molecule has 1 aromatic carbocycles.